The van der Waals surface area contributed by atoms with Crippen LogP contribution < -0.4 is 4.74 Å². The number of hydrogen-bond acceptors (Lipinski definition) is 3. The molecule has 0 radical (unpaired) electrons. The molecule has 0 bridgehead atoms. The molecule has 0 atom stereocenters. The molecule has 2 aromatic heterocycles. The smallest absolute Gasteiger partial charge is 0.169 e. The lowest BCUT2D eigenvalue weighted by atomic mass is 10.1. The molecule has 0 aliphatic rings. The second kappa shape index (κ2) is 5.69. The third-order valence-electron chi connectivity index (χ3n) is 3.17. The zero-order chi connectivity index (χ0) is 14.8. The predicted octanol–water partition coefficient (Wildman–Crippen LogP) is 3.98. The van der Waals surface area contributed by atoms with Crippen LogP contribution >= 0.6 is 15.9 Å². The number of imidazole rings is 1. The summed E-state index contributed by atoms with van der Waals surface area (Å²) in [6.45, 7) is 2.57. The largest absolute Gasteiger partial charge is 0.494 e. The van der Waals surface area contributed by atoms with Gasteiger partial charge in [-0.3, -0.25) is 9.20 Å². The predicted molar refractivity (Wildman–Crippen MR) is 84.9 cm³/mol. The van der Waals surface area contributed by atoms with Crippen LogP contribution in [0.5, 0.6) is 5.75 Å². The van der Waals surface area contributed by atoms with E-state index >= 15 is 0 Å². The van der Waals surface area contributed by atoms with Crippen LogP contribution in [0.1, 0.15) is 17.4 Å². The number of nitrogens with zero attached hydrogens (tertiary/aromatic N) is 2. The highest BCUT2D eigenvalue weighted by Crippen LogP contribution is 2.26. The van der Waals surface area contributed by atoms with Crippen molar-refractivity contribution in [2.24, 2.45) is 0 Å². The van der Waals surface area contributed by atoms with Crippen molar-refractivity contribution in [2.45, 2.75) is 6.92 Å². The van der Waals surface area contributed by atoms with Gasteiger partial charge in [0, 0.05) is 16.2 Å². The van der Waals surface area contributed by atoms with E-state index in [2.05, 4.69) is 20.9 Å². The molecule has 2 heterocycles. The Balaban J connectivity index is 2.13. The monoisotopic (exact) mass is 344 g/mol. The molecule has 4 nitrogen and oxygen atoms in total. The molecule has 0 saturated heterocycles. The lowest BCUT2D eigenvalue weighted by Crippen LogP contribution is -1.93. The number of benzene rings is 1. The highest BCUT2D eigenvalue weighted by atomic mass is 79.9. The Morgan fingerprint density at radius 3 is 2.67 bits per heavy atom. The zero-order valence-electron chi connectivity index (χ0n) is 11.4. The SMILES string of the molecule is CCOc1ccc(-c2nc3ccc(Br)cn3c2C=O)cc1. The standard InChI is InChI=1S/C16H13BrN2O2/c1-2-21-13-6-3-11(4-7-13)16-14(10-20)19-9-12(17)5-8-15(19)18-16/h3-10H,2H2,1H3. The zero-order valence-corrected chi connectivity index (χ0v) is 13.0. The first-order valence-corrected chi connectivity index (χ1v) is 7.38. The fraction of sp³-hybridized carbons (Fsp3) is 0.125. The summed E-state index contributed by atoms with van der Waals surface area (Å²) in [5.41, 5.74) is 2.84. The van der Waals surface area contributed by atoms with Gasteiger partial charge in [-0.25, -0.2) is 4.98 Å². The molecule has 5 heteroatoms. The molecular formula is C16H13BrN2O2. The Bertz CT molecular complexity index is 794. The maximum atomic E-state index is 11.5. The first-order valence-electron chi connectivity index (χ1n) is 6.59. The Kier molecular flexibility index (Phi) is 3.75. The van der Waals surface area contributed by atoms with Gasteiger partial charge in [-0.05, 0) is 59.3 Å². The average molecular weight is 345 g/mol. The van der Waals surface area contributed by atoms with Crippen molar-refractivity contribution >= 4 is 27.9 Å². The Morgan fingerprint density at radius 1 is 1.24 bits per heavy atom. The van der Waals surface area contributed by atoms with Crippen LogP contribution in [-0.2, 0) is 0 Å². The Hall–Kier alpha value is -2.14. The van der Waals surface area contributed by atoms with Gasteiger partial charge in [-0.15, -0.1) is 0 Å². The third kappa shape index (κ3) is 2.56. The maximum Gasteiger partial charge on any atom is 0.169 e. The summed E-state index contributed by atoms with van der Waals surface area (Å²) >= 11 is 3.41. The number of rotatable bonds is 4. The van der Waals surface area contributed by atoms with E-state index < -0.39 is 0 Å². The van der Waals surface area contributed by atoms with Gasteiger partial charge in [-0.2, -0.15) is 0 Å². The first kappa shape index (κ1) is 13.8. The molecular weight excluding hydrogens is 332 g/mol. The van der Waals surface area contributed by atoms with Crippen molar-refractivity contribution in [1.29, 1.82) is 0 Å². The number of hydrogen-bond donors (Lipinski definition) is 0. The maximum absolute atomic E-state index is 11.5. The third-order valence-corrected chi connectivity index (χ3v) is 3.64. The molecule has 106 valence electrons. The molecule has 0 spiro atoms. The summed E-state index contributed by atoms with van der Waals surface area (Å²) in [7, 11) is 0. The summed E-state index contributed by atoms with van der Waals surface area (Å²) in [6, 6.07) is 11.4. The van der Waals surface area contributed by atoms with E-state index in [1.807, 2.05) is 49.5 Å². The number of carbonyl (C=O) groups is 1. The van der Waals surface area contributed by atoms with Gasteiger partial charge in [0.25, 0.3) is 0 Å². The molecule has 3 aromatic rings. The summed E-state index contributed by atoms with van der Waals surface area (Å²) in [4.78, 5) is 16.0. The quantitative estimate of drug-likeness (QED) is 0.672. The Morgan fingerprint density at radius 2 is 2.00 bits per heavy atom. The van der Waals surface area contributed by atoms with Crippen molar-refractivity contribution in [3.05, 3.63) is 52.8 Å². The van der Waals surface area contributed by atoms with Gasteiger partial charge in [0.15, 0.2) is 6.29 Å². The number of pyridine rings is 1. The van der Waals surface area contributed by atoms with Gasteiger partial charge < -0.3 is 4.74 Å². The molecule has 3 rings (SSSR count). The minimum atomic E-state index is 0.537. The topological polar surface area (TPSA) is 43.6 Å². The molecule has 0 aliphatic carbocycles. The van der Waals surface area contributed by atoms with E-state index in [-0.39, 0.29) is 0 Å². The van der Waals surface area contributed by atoms with E-state index in [4.69, 9.17) is 4.74 Å². The summed E-state index contributed by atoms with van der Waals surface area (Å²) in [5, 5.41) is 0. The molecule has 1 aromatic carbocycles. The van der Waals surface area contributed by atoms with E-state index in [0.717, 1.165) is 27.7 Å². The van der Waals surface area contributed by atoms with Gasteiger partial charge in [0.05, 0.1) is 6.61 Å². The van der Waals surface area contributed by atoms with Gasteiger partial charge in [-0.1, -0.05) is 0 Å². The normalized spacial score (nSPS) is 10.8. The van der Waals surface area contributed by atoms with E-state index in [1.165, 1.54) is 0 Å². The number of aldehydes is 1. The summed E-state index contributed by atoms with van der Waals surface area (Å²) in [6.07, 6.45) is 2.67. The number of halogens is 1. The van der Waals surface area contributed by atoms with Crippen LogP contribution in [0.2, 0.25) is 0 Å². The van der Waals surface area contributed by atoms with E-state index in [9.17, 15) is 4.79 Å². The number of carbonyl (C=O) groups excluding carboxylic acids is 1. The second-order valence-corrected chi connectivity index (χ2v) is 5.41. The fourth-order valence-corrected chi connectivity index (χ4v) is 2.57. The fourth-order valence-electron chi connectivity index (χ4n) is 2.24. The highest BCUT2D eigenvalue weighted by molar-refractivity contribution is 9.10. The molecule has 0 fully saturated rings. The Labute approximate surface area is 130 Å². The molecule has 0 amide bonds. The lowest BCUT2D eigenvalue weighted by molar-refractivity contribution is 0.111. The average Bonchev–Trinajstić information content (AvgIpc) is 2.86. The van der Waals surface area contributed by atoms with Crippen LogP contribution in [0.15, 0.2) is 47.1 Å². The number of fused-ring (bicyclic) bond motifs is 1. The van der Waals surface area contributed by atoms with Crippen LogP contribution in [0.25, 0.3) is 16.9 Å². The van der Waals surface area contributed by atoms with Crippen molar-refractivity contribution in [3.8, 4) is 17.0 Å². The van der Waals surface area contributed by atoms with E-state index in [0.29, 0.717) is 18.0 Å². The van der Waals surface area contributed by atoms with Crippen molar-refractivity contribution < 1.29 is 9.53 Å². The first-order chi connectivity index (χ1) is 10.2. The van der Waals surface area contributed by atoms with Crippen LogP contribution in [0.4, 0.5) is 0 Å². The van der Waals surface area contributed by atoms with E-state index in [1.54, 1.807) is 4.40 Å². The molecule has 0 N–H and O–H groups in total. The van der Waals surface area contributed by atoms with Crippen LogP contribution in [0.3, 0.4) is 0 Å². The summed E-state index contributed by atoms with van der Waals surface area (Å²) in [5.74, 6) is 0.806. The van der Waals surface area contributed by atoms with Crippen molar-refractivity contribution in [2.75, 3.05) is 6.61 Å². The van der Waals surface area contributed by atoms with Crippen molar-refractivity contribution in [3.63, 3.8) is 0 Å². The summed E-state index contributed by atoms with van der Waals surface area (Å²) < 4.78 is 8.10. The molecule has 0 unspecified atom stereocenters. The minimum absolute atomic E-state index is 0.537. The van der Waals surface area contributed by atoms with Gasteiger partial charge in [0.1, 0.15) is 22.8 Å². The van der Waals surface area contributed by atoms with Gasteiger partial charge >= 0.3 is 0 Å². The number of ether oxygens (including phenoxy) is 1. The second-order valence-electron chi connectivity index (χ2n) is 4.50. The molecule has 21 heavy (non-hydrogen) atoms. The van der Waals surface area contributed by atoms with Gasteiger partial charge in [0.2, 0.25) is 0 Å². The molecule has 0 aliphatic heterocycles. The van der Waals surface area contributed by atoms with Crippen molar-refractivity contribution in [1.82, 2.24) is 9.38 Å². The highest BCUT2D eigenvalue weighted by Gasteiger charge is 2.13. The van der Waals surface area contributed by atoms with Crippen LogP contribution in [-0.4, -0.2) is 22.3 Å². The number of aromatic nitrogens is 2. The van der Waals surface area contributed by atoms with Crippen LogP contribution in [0, 0.1) is 0 Å². The minimum Gasteiger partial charge on any atom is -0.494 e. The lowest BCUT2D eigenvalue weighted by Gasteiger charge is -2.03. The molecule has 0 saturated carbocycles.